The molecule has 0 aromatic rings. The average molecular weight is 181 g/mol. The Kier molecular flexibility index (Phi) is 2.15. The third-order valence-corrected chi connectivity index (χ3v) is 1.78. The van der Waals surface area contributed by atoms with Crippen LogP contribution < -0.4 is 11.3 Å². The van der Waals surface area contributed by atoms with Gasteiger partial charge in [-0.3, -0.25) is 10.2 Å². The zero-order valence-electron chi connectivity index (χ0n) is 4.82. The van der Waals surface area contributed by atoms with Crippen molar-refractivity contribution in [3.05, 3.63) is 10.1 Å². The fraction of sp³-hybridized carbons (Fsp3) is 0.250. The number of nitrogens with one attached hydrogen (secondary N) is 2. The molecule has 4 nitrogen and oxygen atoms in total. The van der Waals surface area contributed by atoms with Crippen molar-refractivity contribution in [3.63, 3.8) is 0 Å². The molecule has 0 unspecified atom stereocenters. The minimum atomic E-state index is -0.534. The molecule has 1 heterocycles. The molecular formula is C4H4Cl2N3O. The summed E-state index contributed by atoms with van der Waals surface area (Å²) in [5.41, 5.74) is 2.15. The van der Waals surface area contributed by atoms with E-state index in [1.807, 2.05) is 0 Å². The summed E-state index contributed by atoms with van der Waals surface area (Å²) in [6.45, 7) is 0.131. The van der Waals surface area contributed by atoms with E-state index in [1.165, 1.54) is 0 Å². The SMILES string of the molecule is [NH]N1CC(Cl)=C(Cl)C(=O)N1. The van der Waals surface area contributed by atoms with Crippen LogP contribution in [-0.2, 0) is 4.79 Å². The van der Waals surface area contributed by atoms with Gasteiger partial charge in [-0.25, -0.2) is 0 Å². The maximum atomic E-state index is 10.7. The van der Waals surface area contributed by atoms with Gasteiger partial charge < -0.3 is 0 Å². The van der Waals surface area contributed by atoms with Crippen LogP contribution >= 0.6 is 23.2 Å². The molecule has 1 amide bonds. The molecule has 0 aromatic carbocycles. The first-order valence-electron chi connectivity index (χ1n) is 2.45. The van der Waals surface area contributed by atoms with E-state index in [2.05, 4.69) is 5.43 Å². The van der Waals surface area contributed by atoms with Crippen molar-refractivity contribution < 1.29 is 4.79 Å². The minimum absolute atomic E-state index is 0.0369. The molecule has 0 bridgehead atoms. The van der Waals surface area contributed by atoms with Gasteiger partial charge in [0.05, 0.1) is 11.6 Å². The molecule has 10 heavy (non-hydrogen) atoms. The summed E-state index contributed by atoms with van der Waals surface area (Å²) in [6, 6.07) is 0. The zero-order valence-corrected chi connectivity index (χ0v) is 6.33. The van der Waals surface area contributed by atoms with Gasteiger partial charge in [0.15, 0.2) is 0 Å². The van der Waals surface area contributed by atoms with E-state index in [4.69, 9.17) is 29.0 Å². The third kappa shape index (κ3) is 1.41. The number of halogens is 2. The summed E-state index contributed by atoms with van der Waals surface area (Å²) in [6.07, 6.45) is 0. The van der Waals surface area contributed by atoms with Gasteiger partial charge in [0.2, 0.25) is 0 Å². The fourth-order valence-electron chi connectivity index (χ4n) is 0.543. The van der Waals surface area contributed by atoms with Crippen molar-refractivity contribution in [2.24, 2.45) is 0 Å². The van der Waals surface area contributed by atoms with Gasteiger partial charge in [0.25, 0.3) is 5.91 Å². The Morgan fingerprint density at radius 2 is 2.20 bits per heavy atom. The second kappa shape index (κ2) is 2.75. The monoisotopic (exact) mass is 180 g/mol. The molecule has 0 saturated heterocycles. The molecule has 55 valence electrons. The van der Waals surface area contributed by atoms with E-state index in [0.29, 0.717) is 0 Å². The normalized spacial score (nSPS) is 21.3. The lowest BCUT2D eigenvalue weighted by Gasteiger charge is -2.20. The van der Waals surface area contributed by atoms with Gasteiger partial charge in [-0.1, -0.05) is 23.2 Å². The average Bonchev–Trinajstić information content (AvgIpc) is 1.82. The van der Waals surface area contributed by atoms with Gasteiger partial charge >= 0.3 is 0 Å². The largest absolute Gasteiger partial charge is 0.279 e. The number of hydrogen-bond donors (Lipinski definition) is 1. The van der Waals surface area contributed by atoms with E-state index < -0.39 is 5.91 Å². The first kappa shape index (κ1) is 7.81. The highest BCUT2D eigenvalue weighted by Gasteiger charge is 2.20. The van der Waals surface area contributed by atoms with E-state index in [1.54, 1.807) is 0 Å². The number of rotatable bonds is 0. The molecule has 0 aromatic heterocycles. The number of hydrogen-bond acceptors (Lipinski definition) is 2. The minimum Gasteiger partial charge on any atom is -0.269 e. The number of amides is 1. The van der Waals surface area contributed by atoms with Gasteiger partial charge in [0, 0.05) is 0 Å². The van der Waals surface area contributed by atoms with Crippen LogP contribution in [0.3, 0.4) is 0 Å². The Morgan fingerprint density at radius 1 is 1.60 bits per heavy atom. The third-order valence-electron chi connectivity index (χ3n) is 0.971. The number of nitrogens with zero attached hydrogens (tertiary/aromatic N) is 1. The number of hydrazine groups is 1. The Balaban J connectivity index is 2.85. The van der Waals surface area contributed by atoms with E-state index in [-0.39, 0.29) is 16.6 Å². The van der Waals surface area contributed by atoms with E-state index >= 15 is 0 Å². The van der Waals surface area contributed by atoms with Gasteiger partial charge in [0.1, 0.15) is 5.03 Å². The molecule has 1 rings (SSSR count). The summed E-state index contributed by atoms with van der Waals surface area (Å²) < 4.78 is 0. The molecule has 0 atom stereocenters. The molecule has 0 aliphatic carbocycles. The number of carbonyl (C=O) groups is 1. The topological polar surface area (TPSA) is 56.1 Å². The Labute approximate surface area is 67.5 Å². The van der Waals surface area contributed by atoms with Crippen LogP contribution in [0.25, 0.3) is 0 Å². The van der Waals surface area contributed by atoms with Crippen LogP contribution in [0.1, 0.15) is 0 Å². The highest BCUT2D eigenvalue weighted by atomic mass is 35.5. The van der Waals surface area contributed by atoms with Crippen molar-refractivity contribution in [1.82, 2.24) is 16.4 Å². The molecule has 0 fully saturated rings. The first-order chi connectivity index (χ1) is 4.61. The second-order valence-electron chi connectivity index (χ2n) is 1.75. The second-order valence-corrected chi connectivity index (χ2v) is 2.58. The van der Waals surface area contributed by atoms with E-state index in [0.717, 1.165) is 5.12 Å². The summed E-state index contributed by atoms with van der Waals surface area (Å²) in [4.78, 5) is 10.7. The Bertz CT molecular complexity index is 203. The van der Waals surface area contributed by atoms with Crippen molar-refractivity contribution in [3.8, 4) is 0 Å². The highest BCUT2D eigenvalue weighted by Crippen LogP contribution is 2.17. The lowest BCUT2D eigenvalue weighted by Crippen LogP contribution is -2.45. The van der Waals surface area contributed by atoms with Crippen LogP contribution in [0, 0.1) is 0 Å². The quantitative estimate of drug-likeness (QED) is 0.581. The summed E-state index contributed by atoms with van der Waals surface area (Å²) in [5.74, 6) is 6.41. The Hall–Kier alpha value is -0.290. The smallest absolute Gasteiger partial charge is 0.269 e. The van der Waals surface area contributed by atoms with Crippen LogP contribution in [-0.4, -0.2) is 17.6 Å². The van der Waals surface area contributed by atoms with Crippen LogP contribution in [0.15, 0.2) is 10.1 Å². The molecule has 0 spiro atoms. The maximum absolute atomic E-state index is 10.7. The molecule has 1 radical (unpaired) electrons. The van der Waals surface area contributed by atoms with Gasteiger partial charge in [-0.2, -0.15) is 5.84 Å². The lowest BCUT2D eigenvalue weighted by atomic mass is 10.4. The van der Waals surface area contributed by atoms with Crippen molar-refractivity contribution >= 4 is 29.1 Å². The summed E-state index contributed by atoms with van der Waals surface area (Å²) in [5, 5.41) is 0.974. The first-order valence-corrected chi connectivity index (χ1v) is 3.21. The fourth-order valence-corrected chi connectivity index (χ4v) is 0.850. The maximum Gasteiger partial charge on any atom is 0.279 e. The summed E-state index contributed by atoms with van der Waals surface area (Å²) >= 11 is 10.9. The van der Waals surface area contributed by atoms with Gasteiger partial charge in [-0.15, -0.1) is 5.12 Å². The number of carbonyl (C=O) groups excluding carboxylic acids is 1. The predicted octanol–water partition coefficient (Wildman–Crippen LogP) is 0.220. The van der Waals surface area contributed by atoms with Crippen LogP contribution in [0.2, 0.25) is 0 Å². The molecule has 0 saturated carbocycles. The van der Waals surface area contributed by atoms with E-state index in [9.17, 15) is 4.79 Å². The van der Waals surface area contributed by atoms with Crippen molar-refractivity contribution in [2.75, 3.05) is 6.54 Å². The molecule has 1 aliphatic heterocycles. The zero-order chi connectivity index (χ0) is 7.72. The van der Waals surface area contributed by atoms with Crippen molar-refractivity contribution in [2.45, 2.75) is 0 Å². The standard InChI is InChI=1S/C4H4Cl2N3O/c5-2-1-9(7)8-4(10)3(2)6/h7H,1H2,(H,8,10). The molecule has 1 aliphatic rings. The molecule has 2 N–H and O–H groups in total. The van der Waals surface area contributed by atoms with Gasteiger partial charge in [-0.05, 0) is 0 Å². The predicted molar refractivity (Wildman–Crippen MR) is 36.7 cm³/mol. The molecular weight excluding hydrogens is 177 g/mol. The van der Waals surface area contributed by atoms with Crippen LogP contribution in [0.5, 0.6) is 0 Å². The highest BCUT2D eigenvalue weighted by molar-refractivity contribution is 6.48. The lowest BCUT2D eigenvalue weighted by molar-refractivity contribution is -0.122. The summed E-state index contributed by atoms with van der Waals surface area (Å²) in [7, 11) is 0. The van der Waals surface area contributed by atoms with Crippen molar-refractivity contribution in [1.29, 1.82) is 0 Å². The molecule has 6 heteroatoms. The van der Waals surface area contributed by atoms with Crippen LogP contribution in [0.4, 0.5) is 0 Å². The Morgan fingerprint density at radius 3 is 2.70 bits per heavy atom.